The van der Waals surface area contributed by atoms with E-state index in [4.69, 9.17) is 18.6 Å². The van der Waals surface area contributed by atoms with Gasteiger partial charge in [-0.3, -0.25) is 9.36 Å². The fraction of sp³-hybridized carbons (Fsp3) is 0.421. The monoisotopic (exact) mass is 373 g/mol. The van der Waals surface area contributed by atoms with Gasteiger partial charge in [0.25, 0.3) is 5.56 Å². The van der Waals surface area contributed by atoms with Crippen molar-refractivity contribution >= 4 is 11.1 Å². The highest BCUT2D eigenvalue weighted by Gasteiger charge is 2.26. The molecule has 0 bridgehead atoms. The average molecular weight is 373 g/mol. The predicted octanol–water partition coefficient (Wildman–Crippen LogP) is 3.06. The van der Waals surface area contributed by atoms with E-state index in [1.54, 1.807) is 20.0 Å². The van der Waals surface area contributed by atoms with Gasteiger partial charge in [0, 0.05) is 20.3 Å². The van der Waals surface area contributed by atoms with E-state index in [-0.39, 0.29) is 22.9 Å². The lowest BCUT2D eigenvalue weighted by atomic mass is 10.3. The molecule has 0 N–H and O–H groups in total. The van der Waals surface area contributed by atoms with Crippen LogP contribution in [0.15, 0.2) is 33.5 Å². The van der Waals surface area contributed by atoms with E-state index in [0.29, 0.717) is 36.7 Å². The number of aromatic nitrogens is 3. The molecule has 0 spiro atoms. The molecule has 0 aliphatic carbocycles. The van der Waals surface area contributed by atoms with Crippen LogP contribution in [0.3, 0.4) is 0 Å². The second kappa shape index (κ2) is 8.32. The highest BCUT2D eigenvalue weighted by atomic mass is 16.7. The average Bonchev–Trinajstić information content (AvgIpc) is 3.10. The number of benzene rings is 1. The lowest BCUT2D eigenvalue weighted by Gasteiger charge is -2.20. The van der Waals surface area contributed by atoms with Crippen molar-refractivity contribution in [3.05, 3.63) is 40.4 Å². The first-order valence-electron chi connectivity index (χ1n) is 8.93. The van der Waals surface area contributed by atoms with Crippen LogP contribution in [0.2, 0.25) is 0 Å². The summed E-state index contributed by atoms with van der Waals surface area (Å²) in [4.78, 5) is 22.0. The standard InChI is InChI=1S/C19H23N3O5/c1-5-24-15-14(17-20-12-10-8-9-11-13(12)27-17)21-16(22(4)18(15)23)19(25-6-2)26-7-3/h8-11,19H,5-7H2,1-4H3. The molecule has 27 heavy (non-hydrogen) atoms. The zero-order valence-corrected chi connectivity index (χ0v) is 15.9. The summed E-state index contributed by atoms with van der Waals surface area (Å²) in [7, 11) is 1.61. The minimum atomic E-state index is -0.781. The minimum absolute atomic E-state index is 0.0852. The number of ether oxygens (including phenoxy) is 3. The maximum atomic E-state index is 12.9. The van der Waals surface area contributed by atoms with Crippen molar-refractivity contribution in [2.45, 2.75) is 27.1 Å². The molecule has 8 heteroatoms. The Bertz CT molecular complexity index is 940. The van der Waals surface area contributed by atoms with Crippen molar-refractivity contribution in [2.24, 2.45) is 7.05 Å². The summed E-state index contributed by atoms with van der Waals surface area (Å²) in [6, 6.07) is 7.34. The Labute approximate surface area is 156 Å². The van der Waals surface area contributed by atoms with E-state index in [2.05, 4.69) is 9.97 Å². The summed E-state index contributed by atoms with van der Waals surface area (Å²) in [5, 5.41) is 0. The van der Waals surface area contributed by atoms with Gasteiger partial charge in [-0.25, -0.2) is 9.97 Å². The first-order chi connectivity index (χ1) is 13.1. The van der Waals surface area contributed by atoms with Crippen molar-refractivity contribution in [1.82, 2.24) is 14.5 Å². The molecule has 3 rings (SSSR count). The number of hydrogen-bond acceptors (Lipinski definition) is 7. The van der Waals surface area contributed by atoms with Crippen LogP contribution in [-0.4, -0.2) is 34.4 Å². The van der Waals surface area contributed by atoms with Gasteiger partial charge in [0.1, 0.15) is 5.52 Å². The summed E-state index contributed by atoms with van der Waals surface area (Å²) < 4.78 is 24.0. The number of para-hydroxylation sites is 2. The highest BCUT2D eigenvalue weighted by molar-refractivity contribution is 5.76. The molecule has 8 nitrogen and oxygen atoms in total. The maximum Gasteiger partial charge on any atom is 0.296 e. The van der Waals surface area contributed by atoms with Crippen LogP contribution in [0.1, 0.15) is 32.9 Å². The second-order valence-corrected chi connectivity index (χ2v) is 5.67. The fourth-order valence-corrected chi connectivity index (χ4v) is 2.70. The lowest BCUT2D eigenvalue weighted by Crippen LogP contribution is -2.28. The quantitative estimate of drug-likeness (QED) is 0.561. The van der Waals surface area contributed by atoms with Crippen LogP contribution < -0.4 is 10.3 Å². The van der Waals surface area contributed by atoms with Crippen LogP contribution in [0.4, 0.5) is 0 Å². The van der Waals surface area contributed by atoms with Crippen LogP contribution in [-0.2, 0) is 16.5 Å². The second-order valence-electron chi connectivity index (χ2n) is 5.67. The molecule has 144 valence electrons. The SMILES string of the molecule is CCOc1c(-c2nc3ccccc3o2)nc(C(OCC)OCC)n(C)c1=O. The van der Waals surface area contributed by atoms with Crippen molar-refractivity contribution in [2.75, 3.05) is 19.8 Å². The summed E-state index contributed by atoms with van der Waals surface area (Å²) >= 11 is 0. The molecule has 0 unspecified atom stereocenters. The Hall–Kier alpha value is -2.71. The van der Waals surface area contributed by atoms with Crippen molar-refractivity contribution in [3.8, 4) is 17.3 Å². The highest BCUT2D eigenvalue weighted by Crippen LogP contribution is 2.29. The van der Waals surface area contributed by atoms with Gasteiger partial charge in [-0.1, -0.05) is 12.1 Å². The fourth-order valence-electron chi connectivity index (χ4n) is 2.70. The van der Waals surface area contributed by atoms with Crippen molar-refractivity contribution in [1.29, 1.82) is 0 Å². The molecule has 0 saturated carbocycles. The zero-order chi connectivity index (χ0) is 19.4. The van der Waals surface area contributed by atoms with Crippen LogP contribution >= 0.6 is 0 Å². The molecule has 0 aliphatic heterocycles. The molecular formula is C19H23N3O5. The molecule has 3 aromatic rings. The Kier molecular flexibility index (Phi) is 5.88. The number of fused-ring (bicyclic) bond motifs is 1. The molecule has 2 heterocycles. The third kappa shape index (κ3) is 3.72. The first-order valence-corrected chi connectivity index (χ1v) is 8.93. The van der Waals surface area contributed by atoms with Crippen molar-refractivity contribution < 1.29 is 18.6 Å². The normalized spacial score (nSPS) is 11.4. The van der Waals surface area contributed by atoms with Gasteiger partial charge in [0.15, 0.2) is 17.1 Å². The summed E-state index contributed by atoms with van der Waals surface area (Å²) in [6.45, 7) is 6.62. The largest absolute Gasteiger partial charge is 0.486 e. The van der Waals surface area contributed by atoms with Gasteiger partial charge in [-0.2, -0.15) is 0 Å². The van der Waals surface area contributed by atoms with E-state index in [1.807, 2.05) is 32.0 Å². The van der Waals surface area contributed by atoms with E-state index in [1.165, 1.54) is 4.57 Å². The maximum absolute atomic E-state index is 12.9. The number of rotatable bonds is 8. The summed E-state index contributed by atoms with van der Waals surface area (Å²) in [6.07, 6.45) is -0.781. The van der Waals surface area contributed by atoms with Gasteiger partial charge < -0.3 is 18.6 Å². The van der Waals surface area contributed by atoms with E-state index < -0.39 is 6.29 Å². The third-order valence-electron chi connectivity index (χ3n) is 3.92. The minimum Gasteiger partial charge on any atom is -0.486 e. The molecule has 0 saturated heterocycles. The van der Waals surface area contributed by atoms with E-state index >= 15 is 0 Å². The van der Waals surface area contributed by atoms with E-state index in [9.17, 15) is 4.79 Å². The smallest absolute Gasteiger partial charge is 0.296 e. The Morgan fingerprint density at radius 1 is 1.07 bits per heavy atom. The third-order valence-corrected chi connectivity index (χ3v) is 3.92. The lowest BCUT2D eigenvalue weighted by molar-refractivity contribution is -0.147. The molecule has 0 amide bonds. The number of oxazole rings is 1. The predicted molar refractivity (Wildman–Crippen MR) is 99.6 cm³/mol. The topological polar surface area (TPSA) is 88.6 Å². The molecule has 0 atom stereocenters. The summed E-state index contributed by atoms with van der Waals surface area (Å²) in [5.74, 6) is 0.622. The molecule has 2 aromatic heterocycles. The molecule has 0 fully saturated rings. The van der Waals surface area contributed by atoms with E-state index in [0.717, 1.165) is 0 Å². The molecule has 0 radical (unpaired) electrons. The van der Waals surface area contributed by atoms with Gasteiger partial charge >= 0.3 is 0 Å². The number of nitrogens with zero attached hydrogens (tertiary/aromatic N) is 3. The van der Waals surface area contributed by atoms with Gasteiger partial charge in [-0.05, 0) is 32.9 Å². The van der Waals surface area contributed by atoms with Crippen molar-refractivity contribution in [3.63, 3.8) is 0 Å². The Balaban J connectivity index is 2.22. The van der Waals surface area contributed by atoms with Crippen LogP contribution in [0.25, 0.3) is 22.7 Å². The zero-order valence-electron chi connectivity index (χ0n) is 15.9. The first kappa shape index (κ1) is 19.1. The van der Waals surface area contributed by atoms with Crippen LogP contribution in [0, 0.1) is 0 Å². The van der Waals surface area contributed by atoms with Gasteiger partial charge in [0.05, 0.1) is 6.61 Å². The molecule has 0 aliphatic rings. The van der Waals surface area contributed by atoms with Gasteiger partial charge in [-0.15, -0.1) is 0 Å². The Morgan fingerprint density at radius 3 is 2.41 bits per heavy atom. The van der Waals surface area contributed by atoms with Crippen LogP contribution in [0.5, 0.6) is 5.75 Å². The molecule has 1 aromatic carbocycles. The number of hydrogen-bond donors (Lipinski definition) is 0. The molecular weight excluding hydrogens is 350 g/mol. The van der Waals surface area contributed by atoms with Gasteiger partial charge in [0.2, 0.25) is 17.9 Å². The Morgan fingerprint density at radius 2 is 1.78 bits per heavy atom. The summed E-state index contributed by atoms with van der Waals surface area (Å²) in [5.41, 5.74) is 1.15.